The van der Waals surface area contributed by atoms with Crippen molar-refractivity contribution in [1.29, 1.82) is 0 Å². The Hall–Kier alpha value is -2.63. The molecule has 2 atom stereocenters. The Bertz CT molecular complexity index is 965. The SMILES string of the molecule is Cc1cnc(N2CCC([C@H]3C[C@H]3CCOc3ccc(CC(=O)N4CCC4)c(C)c3)CC2)nc1. The van der Waals surface area contributed by atoms with Gasteiger partial charge in [-0.15, -0.1) is 0 Å². The molecule has 1 saturated carbocycles. The summed E-state index contributed by atoms with van der Waals surface area (Å²) in [7, 11) is 0. The molecule has 1 amide bonds. The summed E-state index contributed by atoms with van der Waals surface area (Å²) in [5.41, 5.74) is 3.37. The van der Waals surface area contributed by atoms with Crippen LogP contribution in [0.3, 0.4) is 0 Å². The molecule has 3 fully saturated rings. The number of rotatable bonds is 8. The van der Waals surface area contributed by atoms with E-state index in [4.69, 9.17) is 4.74 Å². The second-order valence-electron chi connectivity index (χ2n) is 10.2. The predicted octanol–water partition coefficient (Wildman–Crippen LogP) is 4.19. The van der Waals surface area contributed by atoms with Crippen molar-refractivity contribution in [2.24, 2.45) is 17.8 Å². The van der Waals surface area contributed by atoms with Gasteiger partial charge in [0.15, 0.2) is 0 Å². The Kier molecular flexibility index (Phi) is 6.52. The Morgan fingerprint density at radius 3 is 2.52 bits per heavy atom. The zero-order valence-corrected chi connectivity index (χ0v) is 20.0. The second kappa shape index (κ2) is 9.70. The van der Waals surface area contributed by atoms with Crippen LogP contribution < -0.4 is 9.64 Å². The molecule has 6 nitrogen and oxygen atoms in total. The standard InChI is InChI=1S/C27H36N4O2/c1-19-17-28-27(29-18-19)31-11-6-21(7-12-31)25-15-23(25)8-13-33-24-5-4-22(20(2)14-24)16-26(32)30-9-3-10-30/h4-5,14,17-18,21,23,25H,3,6-13,15-16H2,1-2H3/t23-,25-/m1/s1. The molecule has 1 aliphatic carbocycles. The molecule has 1 aromatic carbocycles. The molecule has 2 saturated heterocycles. The molecule has 3 heterocycles. The minimum atomic E-state index is 0.245. The van der Waals surface area contributed by atoms with Gasteiger partial charge in [0.25, 0.3) is 0 Å². The van der Waals surface area contributed by atoms with E-state index in [1.54, 1.807) is 0 Å². The third-order valence-electron chi connectivity index (χ3n) is 7.79. The smallest absolute Gasteiger partial charge is 0.227 e. The molecule has 0 bridgehead atoms. The second-order valence-corrected chi connectivity index (χ2v) is 10.2. The van der Waals surface area contributed by atoms with Gasteiger partial charge in [-0.05, 0) is 92.5 Å². The van der Waals surface area contributed by atoms with Crippen molar-refractivity contribution in [1.82, 2.24) is 14.9 Å². The van der Waals surface area contributed by atoms with Gasteiger partial charge >= 0.3 is 0 Å². The molecule has 0 unspecified atom stereocenters. The summed E-state index contributed by atoms with van der Waals surface area (Å²) in [6.45, 7) is 8.86. The van der Waals surface area contributed by atoms with Crippen molar-refractivity contribution >= 4 is 11.9 Å². The van der Waals surface area contributed by atoms with Gasteiger partial charge in [-0.1, -0.05) is 6.07 Å². The van der Waals surface area contributed by atoms with Crippen LogP contribution in [0.15, 0.2) is 30.6 Å². The first-order chi connectivity index (χ1) is 16.1. The number of hydrogen-bond donors (Lipinski definition) is 0. The van der Waals surface area contributed by atoms with Crippen molar-refractivity contribution in [3.8, 4) is 5.75 Å². The summed E-state index contributed by atoms with van der Waals surface area (Å²) < 4.78 is 6.08. The van der Waals surface area contributed by atoms with Crippen molar-refractivity contribution in [3.05, 3.63) is 47.3 Å². The number of anilines is 1. The minimum absolute atomic E-state index is 0.245. The number of amides is 1. The zero-order chi connectivity index (χ0) is 22.8. The van der Waals surface area contributed by atoms with Crippen molar-refractivity contribution in [3.63, 3.8) is 0 Å². The number of aryl methyl sites for hydroxylation is 2. The molecular formula is C27H36N4O2. The van der Waals surface area contributed by atoms with E-state index in [9.17, 15) is 4.79 Å². The predicted molar refractivity (Wildman–Crippen MR) is 129 cm³/mol. The molecule has 2 aromatic rings. The number of hydrogen-bond acceptors (Lipinski definition) is 5. The maximum Gasteiger partial charge on any atom is 0.227 e. The van der Waals surface area contributed by atoms with Gasteiger partial charge in [0, 0.05) is 38.6 Å². The lowest BCUT2D eigenvalue weighted by atomic mass is 9.90. The van der Waals surface area contributed by atoms with Gasteiger partial charge in [0.2, 0.25) is 11.9 Å². The van der Waals surface area contributed by atoms with Crippen LogP contribution in [0.25, 0.3) is 0 Å². The number of ether oxygens (including phenoxy) is 1. The first kappa shape index (κ1) is 22.2. The van der Waals surface area contributed by atoms with Crippen LogP contribution in [0.5, 0.6) is 5.75 Å². The van der Waals surface area contributed by atoms with Crippen LogP contribution in [0, 0.1) is 31.6 Å². The van der Waals surface area contributed by atoms with E-state index < -0.39 is 0 Å². The van der Waals surface area contributed by atoms with Crippen LogP contribution >= 0.6 is 0 Å². The van der Waals surface area contributed by atoms with Crippen molar-refractivity contribution in [2.45, 2.75) is 52.4 Å². The van der Waals surface area contributed by atoms with Gasteiger partial charge in [0.1, 0.15) is 5.75 Å². The molecule has 0 N–H and O–H groups in total. The lowest BCUT2D eigenvalue weighted by Crippen LogP contribution is -2.42. The van der Waals surface area contributed by atoms with E-state index in [0.717, 1.165) is 91.8 Å². The maximum atomic E-state index is 12.2. The summed E-state index contributed by atoms with van der Waals surface area (Å²) in [5, 5.41) is 0. The highest BCUT2D eigenvalue weighted by atomic mass is 16.5. The molecule has 1 aromatic heterocycles. The average molecular weight is 449 g/mol. The van der Waals surface area contributed by atoms with Crippen LogP contribution in [0.2, 0.25) is 0 Å². The quantitative estimate of drug-likeness (QED) is 0.606. The lowest BCUT2D eigenvalue weighted by molar-refractivity contribution is -0.133. The van der Waals surface area contributed by atoms with Gasteiger partial charge in [0.05, 0.1) is 13.0 Å². The van der Waals surface area contributed by atoms with Crippen LogP contribution in [0.1, 0.15) is 48.8 Å². The summed E-state index contributed by atoms with van der Waals surface area (Å²) >= 11 is 0. The summed E-state index contributed by atoms with van der Waals surface area (Å²) in [6.07, 6.45) is 10.4. The number of benzene rings is 1. The number of carbonyl (C=O) groups excluding carboxylic acids is 1. The zero-order valence-electron chi connectivity index (χ0n) is 20.0. The lowest BCUT2D eigenvalue weighted by Gasteiger charge is -2.32. The van der Waals surface area contributed by atoms with Gasteiger partial charge < -0.3 is 14.5 Å². The Labute approximate surface area is 197 Å². The number of aromatic nitrogens is 2. The highest BCUT2D eigenvalue weighted by molar-refractivity contribution is 5.79. The van der Waals surface area contributed by atoms with E-state index in [1.807, 2.05) is 30.3 Å². The monoisotopic (exact) mass is 448 g/mol. The first-order valence-electron chi connectivity index (χ1n) is 12.6. The first-order valence-corrected chi connectivity index (χ1v) is 12.6. The Morgan fingerprint density at radius 2 is 1.85 bits per heavy atom. The molecule has 0 radical (unpaired) electrons. The van der Waals surface area contributed by atoms with Crippen LogP contribution in [-0.2, 0) is 11.2 Å². The number of nitrogens with zero attached hydrogens (tertiary/aromatic N) is 4. The van der Waals surface area contributed by atoms with E-state index in [2.05, 4.69) is 33.9 Å². The molecule has 3 aliphatic rings. The molecule has 0 spiro atoms. The van der Waals surface area contributed by atoms with Gasteiger partial charge in [-0.2, -0.15) is 0 Å². The molecule has 33 heavy (non-hydrogen) atoms. The number of likely N-dealkylation sites (tertiary alicyclic amines) is 1. The topological polar surface area (TPSA) is 58.6 Å². The Morgan fingerprint density at radius 1 is 1.09 bits per heavy atom. The highest BCUT2D eigenvalue weighted by Gasteiger charge is 2.43. The summed E-state index contributed by atoms with van der Waals surface area (Å²) in [5.74, 6) is 4.57. The van der Waals surface area contributed by atoms with E-state index in [-0.39, 0.29) is 5.91 Å². The Balaban J connectivity index is 1.02. The van der Waals surface area contributed by atoms with Crippen molar-refractivity contribution in [2.75, 3.05) is 37.7 Å². The number of piperidine rings is 1. The largest absolute Gasteiger partial charge is 0.494 e. The maximum absolute atomic E-state index is 12.2. The molecule has 6 heteroatoms. The van der Waals surface area contributed by atoms with E-state index in [1.165, 1.54) is 19.3 Å². The highest BCUT2D eigenvalue weighted by Crippen LogP contribution is 2.49. The van der Waals surface area contributed by atoms with E-state index >= 15 is 0 Å². The minimum Gasteiger partial charge on any atom is -0.494 e. The molecular weight excluding hydrogens is 412 g/mol. The van der Waals surface area contributed by atoms with Crippen molar-refractivity contribution < 1.29 is 9.53 Å². The van der Waals surface area contributed by atoms with Gasteiger partial charge in [-0.25, -0.2) is 9.97 Å². The fraction of sp³-hybridized carbons (Fsp3) is 0.593. The summed E-state index contributed by atoms with van der Waals surface area (Å²) in [4.78, 5) is 25.5. The van der Waals surface area contributed by atoms with Crippen LogP contribution in [0.4, 0.5) is 5.95 Å². The van der Waals surface area contributed by atoms with E-state index in [0.29, 0.717) is 6.42 Å². The number of carbonyl (C=O) groups is 1. The summed E-state index contributed by atoms with van der Waals surface area (Å²) in [6, 6.07) is 6.18. The normalized spacial score (nSPS) is 22.7. The fourth-order valence-electron chi connectivity index (χ4n) is 5.38. The van der Waals surface area contributed by atoms with Gasteiger partial charge in [-0.3, -0.25) is 4.79 Å². The molecule has 176 valence electrons. The third kappa shape index (κ3) is 5.31. The average Bonchev–Trinajstić information content (AvgIpc) is 3.55. The third-order valence-corrected chi connectivity index (χ3v) is 7.79. The molecule has 5 rings (SSSR count). The fourth-order valence-corrected chi connectivity index (χ4v) is 5.38. The molecule has 2 aliphatic heterocycles. The van der Waals surface area contributed by atoms with Crippen LogP contribution in [-0.4, -0.2) is 53.6 Å².